The van der Waals surface area contributed by atoms with Crippen molar-refractivity contribution >= 4 is 45.3 Å². The zero-order valence-electron chi connectivity index (χ0n) is 40.9. The molecular formula is C47H75N9O13S2. The second kappa shape index (κ2) is 31.0. The number of rotatable bonds is 36. The largest absolute Gasteiger partial charge is 0.478 e. The number of pyridine rings is 1. The molecule has 0 radical (unpaired) electrons. The number of amidine groups is 1. The zero-order chi connectivity index (χ0) is 51.5. The second-order valence-electron chi connectivity index (χ2n) is 17.5. The molecule has 0 unspecified atom stereocenters. The lowest BCUT2D eigenvalue weighted by Crippen LogP contribution is -2.55. The molecule has 398 valence electrons. The van der Waals surface area contributed by atoms with Crippen LogP contribution in [-0.2, 0) is 28.6 Å². The molecule has 22 nitrogen and oxygen atoms in total. The van der Waals surface area contributed by atoms with Gasteiger partial charge in [-0.2, -0.15) is 0 Å². The summed E-state index contributed by atoms with van der Waals surface area (Å²) < 4.78 is 79.0. The van der Waals surface area contributed by atoms with Crippen LogP contribution >= 0.6 is 21.7 Å². The maximum Gasteiger partial charge on any atom is 0.243 e. The normalized spacial score (nSPS) is 14.3. The van der Waals surface area contributed by atoms with E-state index in [9.17, 15) is 41.7 Å². The number of hydrazone groups is 1. The number of hydrazine groups is 2. The second-order valence-corrected chi connectivity index (χ2v) is 20.6. The number of nitrogens with one attached hydrogen (secondary N) is 6. The van der Waals surface area contributed by atoms with Crippen LogP contribution in [0.25, 0.3) is 22.4 Å². The van der Waals surface area contributed by atoms with Crippen molar-refractivity contribution in [3.63, 3.8) is 0 Å². The summed E-state index contributed by atoms with van der Waals surface area (Å²) >= 11 is 0. The first-order chi connectivity index (χ1) is 33.9. The highest BCUT2D eigenvalue weighted by Crippen LogP contribution is 2.35. The molecule has 3 amide bonds. The van der Waals surface area contributed by atoms with Gasteiger partial charge in [-0.05, 0) is 69.2 Å². The molecule has 12 N–H and O–H groups in total. The average Bonchev–Trinajstić information content (AvgIpc) is 3.82. The van der Waals surface area contributed by atoms with Crippen LogP contribution in [0.5, 0.6) is 5.88 Å². The number of hydrogen-bond donors (Lipinski definition) is 12. The summed E-state index contributed by atoms with van der Waals surface area (Å²) in [6.45, 7) is 8.29. The number of ether oxygens (including phenoxy) is 4. The van der Waals surface area contributed by atoms with E-state index in [1.807, 2.05) is 47.5 Å². The van der Waals surface area contributed by atoms with E-state index >= 15 is 0 Å². The first kappa shape index (κ1) is 58.9. The van der Waals surface area contributed by atoms with Gasteiger partial charge < -0.3 is 67.5 Å². The smallest absolute Gasteiger partial charge is 0.243 e. The number of unbranched alkanes of at least 4 members (excludes halogenated alkanes) is 2. The molecule has 0 fully saturated rings. The Hall–Kier alpha value is -4.67. The Bertz CT molecular complexity index is 2010. The van der Waals surface area contributed by atoms with Gasteiger partial charge in [-0.3, -0.25) is 19.4 Å². The zero-order valence-corrected chi connectivity index (χ0v) is 42.6. The monoisotopic (exact) mass is 1040 g/mol. The highest BCUT2D eigenvalue weighted by atomic mass is 32.3. The molecule has 4 rings (SSSR count). The third-order valence-corrected chi connectivity index (χ3v) is 12.6. The summed E-state index contributed by atoms with van der Waals surface area (Å²) in [5, 5.41) is 16.7. The number of aromatic nitrogens is 1. The molecule has 0 spiro atoms. The predicted octanol–water partition coefficient (Wildman–Crippen LogP) is 5.38. The minimum absolute atomic E-state index is 0.00389. The molecule has 1 aliphatic heterocycles. The fourth-order valence-electron chi connectivity index (χ4n) is 7.31. The molecule has 3 aromatic rings. The Kier molecular flexibility index (Phi) is 25.7. The van der Waals surface area contributed by atoms with Crippen LogP contribution in [0.1, 0.15) is 65.2 Å². The van der Waals surface area contributed by atoms with E-state index < -0.39 is 57.1 Å². The summed E-state index contributed by atoms with van der Waals surface area (Å²) in [6, 6.07) is 21.6. The molecule has 0 saturated carbocycles. The van der Waals surface area contributed by atoms with Crippen molar-refractivity contribution in [3.8, 4) is 28.3 Å². The first-order valence-corrected chi connectivity index (χ1v) is 27.1. The maximum absolute atomic E-state index is 12.6. The number of benzene rings is 2. The van der Waals surface area contributed by atoms with E-state index in [4.69, 9.17) is 23.9 Å². The maximum atomic E-state index is 12.6. The van der Waals surface area contributed by atoms with E-state index in [2.05, 4.69) is 81.6 Å². The van der Waals surface area contributed by atoms with Gasteiger partial charge in [0.15, 0.2) is 0 Å². The van der Waals surface area contributed by atoms with Crippen LogP contribution in [-0.4, -0.2) is 157 Å². The van der Waals surface area contributed by atoms with E-state index in [1.54, 1.807) is 0 Å². The Morgan fingerprint density at radius 3 is 1.89 bits per heavy atom. The molecule has 24 heteroatoms. The highest BCUT2D eigenvalue weighted by molar-refractivity contribution is 8.19. The van der Waals surface area contributed by atoms with E-state index in [0.717, 1.165) is 60.3 Å². The lowest BCUT2D eigenvalue weighted by Gasteiger charge is -2.30. The molecule has 0 aliphatic carbocycles. The van der Waals surface area contributed by atoms with Gasteiger partial charge in [-0.25, -0.2) is 10.5 Å². The van der Waals surface area contributed by atoms with Gasteiger partial charge >= 0.3 is 0 Å². The van der Waals surface area contributed by atoms with Crippen LogP contribution < -0.4 is 37.1 Å². The van der Waals surface area contributed by atoms with Crippen LogP contribution in [0.3, 0.4) is 0 Å². The summed E-state index contributed by atoms with van der Waals surface area (Å²) in [7, 11) is -6.92. The predicted molar refractivity (Wildman–Crippen MR) is 276 cm³/mol. The van der Waals surface area contributed by atoms with Crippen LogP contribution in [0, 0.1) is 5.41 Å². The van der Waals surface area contributed by atoms with Gasteiger partial charge in [0, 0.05) is 56.3 Å². The Morgan fingerprint density at radius 1 is 0.676 bits per heavy atom. The van der Waals surface area contributed by atoms with E-state index in [0.29, 0.717) is 71.3 Å². The average molecular weight is 1040 g/mol. The quantitative estimate of drug-likeness (QED) is 0.0325. The third-order valence-electron chi connectivity index (χ3n) is 11.0. The summed E-state index contributed by atoms with van der Waals surface area (Å²) in [5.74, 6) is -1.90. The van der Waals surface area contributed by atoms with Crippen molar-refractivity contribution in [2.24, 2.45) is 10.5 Å². The number of hydrogen-bond acceptors (Lipinski definition) is 19. The van der Waals surface area contributed by atoms with E-state index in [1.165, 1.54) is 7.05 Å². The molecular weight excluding hydrogens is 963 g/mol. The SMILES string of the molecule is CN[C@@H](CS(O)(O)O)C(=O)N[C@@H](CS(O)(O)O)C(=O)NCCCOCCOCCOCCCNC(=O)CCCCN1NNN=C1C(C)(C)CCCCOc1cc(-c2ccccc2)cc(-c2ccccc2)n1. The molecule has 0 bridgehead atoms. The molecule has 1 aliphatic rings. The van der Waals surface area contributed by atoms with Crippen LogP contribution in [0.4, 0.5) is 0 Å². The summed E-state index contributed by atoms with van der Waals surface area (Å²) in [4.78, 5) is 42.4. The van der Waals surface area contributed by atoms with Crippen molar-refractivity contribution in [2.45, 2.75) is 77.3 Å². The number of amides is 3. The topological polar surface area (TPSA) is 310 Å². The van der Waals surface area contributed by atoms with Crippen molar-refractivity contribution < 1.29 is 60.6 Å². The Morgan fingerprint density at radius 2 is 1.27 bits per heavy atom. The molecule has 1 aromatic heterocycles. The van der Waals surface area contributed by atoms with Gasteiger partial charge in [0.2, 0.25) is 23.6 Å². The summed E-state index contributed by atoms with van der Waals surface area (Å²) in [6.07, 6.45) is 5.70. The Labute approximate surface area is 420 Å². The standard InChI is InChI=1S/C47H75N9O13S2/c1-47(2,21-11-13-27-69-43-33-38(36-16-6-4-7-17-36)32-39(51-43)37-18-8-5-9-19-37)46-53-54-55-56(46)24-12-10-20-42(57)49-22-14-25-66-28-30-68-31-29-67-26-15-23-50-44(58)41(35-71(63,64)65)52-45(59)40(48-3)34-70(60,61)62/h4-9,16-19,32-33,40-41,48,54-55,60-65H,10-15,20-31,34-35H2,1-3H3,(H,49,57)(H,50,58)(H,52,59)/t40-,41-/m0/s1. The van der Waals surface area contributed by atoms with Crippen LogP contribution in [0.15, 0.2) is 77.9 Å². The number of carbonyl (C=O) groups excluding carboxylic acids is 3. The summed E-state index contributed by atoms with van der Waals surface area (Å²) in [5.41, 5.74) is 9.92. The fraction of sp³-hybridized carbons (Fsp3) is 0.553. The molecule has 2 aromatic carbocycles. The minimum atomic E-state index is -4.18. The van der Waals surface area contributed by atoms with Gasteiger partial charge in [0.05, 0.1) is 72.0 Å². The number of likely N-dealkylation sites (N-methyl/N-ethyl adjacent to an activating group) is 1. The van der Waals surface area contributed by atoms with Crippen LogP contribution in [0.2, 0.25) is 0 Å². The molecule has 2 atom stereocenters. The first-order valence-electron chi connectivity index (χ1n) is 23.8. The van der Waals surface area contributed by atoms with Crippen molar-refractivity contribution in [1.29, 1.82) is 0 Å². The third kappa shape index (κ3) is 23.6. The molecule has 0 saturated heterocycles. The molecule has 2 heterocycles. The van der Waals surface area contributed by atoms with Gasteiger partial charge in [-0.1, -0.05) is 74.5 Å². The Balaban J connectivity index is 0.978. The number of nitrogens with zero attached hydrogens (tertiary/aromatic N) is 3. The number of carbonyl (C=O) groups is 3. The molecule has 71 heavy (non-hydrogen) atoms. The lowest BCUT2D eigenvalue weighted by atomic mass is 9.85. The van der Waals surface area contributed by atoms with Crippen molar-refractivity contribution in [2.75, 3.05) is 84.4 Å². The van der Waals surface area contributed by atoms with E-state index in [-0.39, 0.29) is 31.1 Å². The van der Waals surface area contributed by atoms with Gasteiger partial charge in [-0.15, -0.1) is 10.6 Å². The minimum Gasteiger partial charge on any atom is -0.478 e. The highest BCUT2D eigenvalue weighted by Gasteiger charge is 2.33. The van der Waals surface area contributed by atoms with Gasteiger partial charge in [0.1, 0.15) is 17.9 Å². The fourth-order valence-corrected chi connectivity index (χ4v) is 8.76. The lowest BCUT2D eigenvalue weighted by molar-refractivity contribution is -0.129. The van der Waals surface area contributed by atoms with Crippen molar-refractivity contribution in [3.05, 3.63) is 72.8 Å². The van der Waals surface area contributed by atoms with Crippen molar-refractivity contribution in [1.82, 2.24) is 42.3 Å². The van der Waals surface area contributed by atoms with Gasteiger partial charge in [0.25, 0.3) is 0 Å².